The minimum absolute atomic E-state index is 0.209. The lowest BCUT2D eigenvalue weighted by Gasteiger charge is -2.09. The summed E-state index contributed by atoms with van der Waals surface area (Å²) in [4.78, 5) is 18.2. The lowest BCUT2D eigenvalue weighted by molar-refractivity contribution is 0.0948. The highest BCUT2D eigenvalue weighted by Gasteiger charge is 2.20. The second kappa shape index (κ2) is 6.64. The quantitative estimate of drug-likeness (QED) is 0.921. The van der Waals surface area contributed by atoms with Crippen molar-refractivity contribution in [1.82, 2.24) is 10.3 Å². The SMILES string of the molecule is CCc1nc(CC)c(C(=O)NC(C#N)c2cccs2)s1. The van der Waals surface area contributed by atoms with Gasteiger partial charge in [0.1, 0.15) is 4.88 Å². The molecule has 0 saturated carbocycles. The summed E-state index contributed by atoms with van der Waals surface area (Å²) in [5.74, 6) is -0.209. The molecule has 104 valence electrons. The van der Waals surface area contributed by atoms with Gasteiger partial charge in [0.15, 0.2) is 6.04 Å². The minimum atomic E-state index is -0.598. The van der Waals surface area contributed by atoms with Gasteiger partial charge in [-0.1, -0.05) is 19.9 Å². The van der Waals surface area contributed by atoms with Crippen molar-refractivity contribution in [3.8, 4) is 6.07 Å². The number of nitriles is 1. The second-order valence-electron chi connectivity index (χ2n) is 4.14. The Morgan fingerprint density at radius 3 is 2.85 bits per heavy atom. The summed E-state index contributed by atoms with van der Waals surface area (Å²) in [6, 6.07) is 5.25. The smallest absolute Gasteiger partial charge is 0.264 e. The van der Waals surface area contributed by atoms with Crippen LogP contribution in [0.25, 0.3) is 0 Å². The van der Waals surface area contributed by atoms with Gasteiger partial charge >= 0.3 is 0 Å². The number of thiazole rings is 1. The fraction of sp³-hybridized carbons (Fsp3) is 0.357. The number of hydrogen-bond acceptors (Lipinski definition) is 5. The van der Waals surface area contributed by atoms with Crippen LogP contribution in [0.4, 0.5) is 0 Å². The van der Waals surface area contributed by atoms with Crippen LogP contribution in [0.1, 0.15) is 45.1 Å². The molecule has 4 nitrogen and oxygen atoms in total. The fourth-order valence-corrected chi connectivity index (χ4v) is 3.50. The molecule has 1 amide bonds. The highest BCUT2D eigenvalue weighted by molar-refractivity contribution is 7.13. The monoisotopic (exact) mass is 305 g/mol. The zero-order valence-electron chi connectivity index (χ0n) is 11.3. The number of hydrogen-bond donors (Lipinski definition) is 1. The van der Waals surface area contributed by atoms with Gasteiger partial charge in [0.25, 0.3) is 5.91 Å². The molecule has 2 heterocycles. The number of thiophene rings is 1. The van der Waals surface area contributed by atoms with E-state index < -0.39 is 6.04 Å². The molecule has 20 heavy (non-hydrogen) atoms. The van der Waals surface area contributed by atoms with E-state index in [0.717, 1.165) is 28.4 Å². The van der Waals surface area contributed by atoms with E-state index in [4.69, 9.17) is 0 Å². The summed E-state index contributed by atoms with van der Waals surface area (Å²) >= 11 is 2.88. The maximum atomic E-state index is 12.3. The zero-order valence-corrected chi connectivity index (χ0v) is 13.0. The topological polar surface area (TPSA) is 65.8 Å². The van der Waals surface area contributed by atoms with Crippen molar-refractivity contribution in [2.45, 2.75) is 32.7 Å². The molecule has 0 aromatic carbocycles. The third-order valence-corrected chi connectivity index (χ3v) is 5.00. The Bertz CT molecular complexity index is 625. The van der Waals surface area contributed by atoms with E-state index in [-0.39, 0.29) is 5.91 Å². The van der Waals surface area contributed by atoms with Crippen LogP contribution < -0.4 is 5.32 Å². The average molecular weight is 305 g/mol. The van der Waals surface area contributed by atoms with E-state index in [2.05, 4.69) is 16.4 Å². The summed E-state index contributed by atoms with van der Waals surface area (Å²) in [6.45, 7) is 4.00. The Morgan fingerprint density at radius 2 is 2.30 bits per heavy atom. The molecule has 2 aromatic heterocycles. The number of rotatable bonds is 5. The summed E-state index contributed by atoms with van der Waals surface area (Å²) in [5, 5.41) is 14.8. The molecule has 0 aliphatic rings. The molecule has 0 saturated heterocycles. The minimum Gasteiger partial charge on any atom is -0.331 e. The van der Waals surface area contributed by atoms with E-state index in [0.29, 0.717) is 4.88 Å². The van der Waals surface area contributed by atoms with Crippen molar-refractivity contribution in [3.63, 3.8) is 0 Å². The van der Waals surface area contributed by atoms with Gasteiger partial charge < -0.3 is 5.32 Å². The summed E-state index contributed by atoms with van der Waals surface area (Å²) in [6.07, 6.45) is 1.53. The molecule has 0 fully saturated rings. The first-order chi connectivity index (χ1) is 9.69. The number of aromatic nitrogens is 1. The van der Waals surface area contributed by atoms with Crippen LogP contribution in [-0.4, -0.2) is 10.9 Å². The van der Waals surface area contributed by atoms with Gasteiger partial charge in [0, 0.05) is 4.88 Å². The van der Waals surface area contributed by atoms with Crippen LogP contribution in [0.5, 0.6) is 0 Å². The van der Waals surface area contributed by atoms with Crippen LogP contribution in [-0.2, 0) is 12.8 Å². The van der Waals surface area contributed by atoms with Crippen molar-refractivity contribution in [3.05, 3.63) is 38.0 Å². The summed E-state index contributed by atoms with van der Waals surface area (Å²) < 4.78 is 0. The Morgan fingerprint density at radius 1 is 1.50 bits per heavy atom. The normalized spacial score (nSPS) is 11.8. The number of nitrogens with one attached hydrogen (secondary N) is 1. The molecule has 0 aliphatic heterocycles. The van der Waals surface area contributed by atoms with Crippen molar-refractivity contribution in [1.29, 1.82) is 5.26 Å². The maximum absolute atomic E-state index is 12.3. The predicted molar refractivity (Wildman–Crippen MR) is 81.0 cm³/mol. The second-order valence-corrected chi connectivity index (χ2v) is 6.20. The van der Waals surface area contributed by atoms with Crippen LogP contribution in [0.2, 0.25) is 0 Å². The van der Waals surface area contributed by atoms with E-state index >= 15 is 0 Å². The summed E-state index contributed by atoms with van der Waals surface area (Å²) in [7, 11) is 0. The molecule has 0 radical (unpaired) electrons. The van der Waals surface area contributed by atoms with Crippen molar-refractivity contribution < 1.29 is 4.79 Å². The third kappa shape index (κ3) is 3.06. The molecule has 1 N–H and O–H groups in total. The Balaban J connectivity index is 2.19. The van der Waals surface area contributed by atoms with E-state index in [1.54, 1.807) is 0 Å². The number of carbonyl (C=O) groups is 1. The number of nitrogens with zero attached hydrogens (tertiary/aromatic N) is 2. The lowest BCUT2D eigenvalue weighted by Crippen LogP contribution is -2.27. The van der Waals surface area contributed by atoms with E-state index in [9.17, 15) is 10.1 Å². The van der Waals surface area contributed by atoms with Gasteiger partial charge in [-0.05, 0) is 24.3 Å². The van der Waals surface area contributed by atoms with E-state index in [1.165, 1.54) is 22.7 Å². The fourth-order valence-electron chi connectivity index (χ4n) is 1.79. The first-order valence-electron chi connectivity index (χ1n) is 6.42. The number of carbonyl (C=O) groups excluding carboxylic acids is 1. The molecule has 1 atom stereocenters. The molecular formula is C14H15N3OS2. The maximum Gasteiger partial charge on any atom is 0.264 e. The molecule has 0 bridgehead atoms. The molecule has 2 rings (SSSR count). The van der Waals surface area contributed by atoms with Gasteiger partial charge in [-0.3, -0.25) is 4.79 Å². The van der Waals surface area contributed by atoms with Gasteiger partial charge in [-0.25, -0.2) is 4.98 Å². The lowest BCUT2D eigenvalue weighted by atomic mass is 10.2. The van der Waals surface area contributed by atoms with Gasteiger partial charge in [0.2, 0.25) is 0 Å². The van der Waals surface area contributed by atoms with Crippen LogP contribution in [0.15, 0.2) is 17.5 Å². The van der Waals surface area contributed by atoms with Crippen LogP contribution >= 0.6 is 22.7 Å². The molecular weight excluding hydrogens is 290 g/mol. The highest BCUT2D eigenvalue weighted by atomic mass is 32.1. The average Bonchev–Trinajstić information content (AvgIpc) is 3.12. The van der Waals surface area contributed by atoms with Crippen molar-refractivity contribution in [2.75, 3.05) is 0 Å². The Labute approximate surface area is 126 Å². The van der Waals surface area contributed by atoms with E-state index in [1.807, 2.05) is 31.4 Å². The van der Waals surface area contributed by atoms with Gasteiger partial charge in [0.05, 0.1) is 16.8 Å². The van der Waals surface area contributed by atoms with Crippen LogP contribution in [0, 0.1) is 11.3 Å². The van der Waals surface area contributed by atoms with Gasteiger partial charge in [-0.15, -0.1) is 22.7 Å². The molecule has 2 aromatic rings. The third-order valence-electron chi connectivity index (χ3n) is 2.82. The van der Waals surface area contributed by atoms with Gasteiger partial charge in [-0.2, -0.15) is 5.26 Å². The molecule has 0 aliphatic carbocycles. The zero-order chi connectivity index (χ0) is 14.5. The Kier molecular flexibility index (Phi) is 4.88. The largest absolute Gasteiger partial charge is 0.331 e. The number of aryl methyl sites for hydroxylation is 2. The van der Waals surface area contributed by atoms with Crippen molar-refractivity contribution in [2.24, 2.45) is 0 Å². The molecule has 0 spiro atoms. The predicted octanol–water partition coefficient (Wildman–Crippen LogP) is 3.32. The standard InChI is InChI=1S/C14H15N3OS2/c1-3-9-13(20-12(4-2)16-9)14(18)17-10(8-15)11-6-5-7-19-11/h5-7,10H,3-4H2,1-2H3,(H,17,18). The first-order valence-corrected chi connectivity index (χ1v) is 8.11. The Hall–Kier alpha value is -1.71. The molecule has 6 heteroatoms. The highest BCUT2D eigenvalue weighted by Crippen LogP contribution is 2.23. The first kappa shape index (κ1) is 14.7. The summed E-state index contributed by atoms with van der Waals surface area (Å²) in [5.41, 5.74) is 0.812. The van der Waals surface area contributed by atoms with Crippen molar-refractivity contribution >= 4 is 28.6 Å². The number of amides is 1. The van der Waals surface area contributed by atoms with Crippen LogP contribution in [0.3, 0.4) is 0 Å². The molecule has 1 unspecified atom stereocenters.